The number of benzene rings is 2. The van der Waals surface area contributed by atoms with E-state index in [1.165, 1.54) is 42.5 Å². The topological polar surface area (TPSA) is 128 Å². The molecule has 13 heteroatoms. The minimum atomic E-state index is -4.22. The van der Waals surface area contributed by atoms with Gasteiger partial charge in [0.15, 0.2) is 17.7 Å². The van der Waals surface area contributed by atoms with E-state index in [9.17, 15) is 31.6 Å². The summed E-state index contributed by atoms with van der Waals surface area (Å²) < 4.78 is 64.3. The maximum absolute atomic E-state index is 13.5. The van der Waals surface area contributed by atoms with E-state index >= 15 is 0 Å². The number of rotatable bonds is 9. The smallest absolute Gasteiger partial charge is 0.341 e. The van der Waals surface area contributed by atoms with Crippen molar-refractivity contribution in [3.63, 3.8) is 0 Å². The summed E-state index contributed by atoms with van der Waals surface area (Å²) in [6.45, 7) is 5.40. The Morgan fingerprint density at radius 3 is 2.44 bits per heavy atom. The molecule has 4 rings (SSSR count). The molecule has 41 heavy (non-hydrogen) atoms. The quantitative estimate of drug-likeness (QED) is 0.316. The molecule has 2 aromatic carbocycles. The summed E-state index contributed by atoms with van der Waals surface area (Å²) in [5, 5.41) is 3.07. The third-order valence-corrected chi connectivity index (χ3v) is 9.00. The van der Waals surface area contributed by atoms with Crippen LogP contribution in [0.2, 0.25) is 0 Å². The highest BCUT2D eigenvalue weighted by Gasteiger charge is 2.30. The van der Waals surface area contributed by atoms with Gasteiger partial charge in [0.05, 0.1) is 22.6 Å². The van der Waals surface area contributed by atoms with Crippen LogP contribution in [0.5, 0.6) is 0 Å². The van der Waals surface area contributed by atoms with Crippen LogP contribution in [-0.4, -0.2) is 39.0 Å². The van der Waals surface area contributed by atoms with Gasteiger partial charge in [-0.3, -0.25) is 9.52 Å². The Morgan fingerprint density at radius 2 is 1.78 bits per heavy atom. The van der Waals surface area contributed by atoms with Gasteiger partial charge in [-0.15, -0.1) is 11.3 Å². The zero-order valence-electron chi connectivity index (χ0n) is 22.5. The Hall–Kier alpha value is -3.84. The van der Waals surface area contributed by atoms with Crippen LogP contribution in [0.15, 0.2) is 47.4 Å². The molecule has 2 N–H and O–H groups in total. The number of amides is 1. The molecule has 1 aliphatic carbocycles. The van der Waals surface area contributed by atoms with Crippen LogP contribution in [0.4, 0.5) is 19.5 Å². The van der Waals surface area contributed by atoms with Crippen molar-refractivity contribution in [3.8, 4) is 0 Å². The van der Waals surface area contributed by atoms with Crippen molar-refractivity contribution in [3.05, 3.63) is 75.7 Å². The van der Waals surface area contributed by atoms with E-state index in [1.54, 1.807) is 6.92 Å². The molecule has 0 bridgehead atoms. The SMILES string of the molecule is CCOC(=O)c1c(NC(=O)[C@H](C)OC(=O)c2ccc(NS(=O)(=O)c3ccc(F)c(F)c3)cc2)sc2c1CC[C@@H](C)C2. The van der Waals surface area contributed by atoms with E-state index in [0.717, 1.165) is 29.3 Å². The van der Waals surface area contributed by atoms with Crippen molar-refractivity contribution in [1.82, 2.24) is 0 Å². The second kappa shape index (κ2) is 12.4. The molecular weight excluding hydrogens is 578 g/mol. The van der Waals surface area contributed by atoms with Crippen LogP contribution < -0.4 is 10.0 Å². The standard InChI is InChI=1S/C28H28F2N2O7S2/c1-4-38-28(35)24-20-11-5-15(2)13-23(20)40-26(24)31-25(33)16(3)39-27(34)17-6-8-18(9-7-17)32-41(36,37)19-10-12-21(29)22(30)14-19/h6-10,12,14-16,32H,4-5,11,13H2,1-3H3,(H,31,33)/t15-,16+/m1/s1. The summed E-state index contributed by atoms with van der Waals surface area (Å²) in [5.41, 5.74) is 1.31. The molecule has 0 aliphatic heterocycles. The van der Waals surface area contributed by atoms with Crippen LogP contribution in [0.1, 0.15) is 58.3 Å². The number of hydrogen-bond acceptors (Lipinski definition) is 8. The van der Waals surface area contributed by atoms with Gasteiger partial charge in [-0.05, 0) is 87.1 Å². The lowest BCUT2D eigenvalue weighted by Crippen LogP contribution is -2.30. The second-order valence-electron chi connectivity index (χ2n) is 9.57. The molecule has 0 unspecified atom stereocenters. The lowest BCUT2D eigenvalue weighted by molar-refractivity contribution is -0.123. The monoisotopic (exact) mass is 606 g/mol. The number of carbonyl (C=O) groups excluding carboxylic acids is 3. The zero-order valence-corrected chi connectivity index (χ0v) is 24.1. The first-order valence-electron chi connectivity index (χ1n) is 12.8. The molecular formula is C28H28F2N2O7S2. The molecule has 0 saturated heterocycles. The minimum absolute atomic E-state index is 0.0354. The molecule has 9 nitrogen and oxygen atoms in total. The van der Waals surface area contributed by atoms with Gasteiger partial charge in [0.25, 0.3) is 15.9 Å². The number of carbonyl (C=O) groups is 3. The van der Waals surface area contributed by atoms with Crippen LogP contribution in [-0.2, 0) is 37.1 Å². The number of fused-ring (bicyclic) bond motifs is 1. The van der Waals surface area contributed by atoms with Crippen LogP contribution in [0.3, 0.4) is 0 Å². The van der Waals surface area contributed by atoms with Crippen LogP contribution in [0.25, 0.3) is 0 Å². The van der Waals surface area contributed by atoms with Crippen molar-refractivity contribution in [2.45, 2.75) is 51.0 Å². The molecule has 2 atom stereocenters. The Balaban J connectivity index is 1.41. The van der Waals surface area contributed by atoms with Gasteiger partial charge in [0.2, 0.25) is 0 Å². The third-order valence-electron chi connectivity index (χ3n) is 6.46. The van der Waals surface area contributed by atoms with E-state index in [1.807, 2.05) is 0 Å². The molecule has 218 valence electrons. The number of nitrogens with one attached hydrogen (secondary N) is 2. The largest absolute Gasteiger partial charge is 0.462 e. The number of hydrogen-bond donors (Lipinski definition) is 2. The fourth-order valence-electron chi connectivity index (χ4n) is 4.29. The van der Waals surface area contributed by atoms with Gasteiger partial charge in [-0.25, -0.2) is 26.8 Å². The Labute approximate surface area is 239 Å². The Morgan fingerprint density at radius 1 is 1.07 bits per heavy atom. The lowest BCUT2D eigenvalue weighted by atomic mass is 9.88. The molecule has 1 aromatic heterocycles. The summed E-state index contributed by atoms with van der Waals surface area (Å²) in [4.78, 5) is 38.8. The summed E-state index contributed by atoms with van der Waals surface area (Å²) in [7, 11) is -4.22. The number of sulfonamides is 1. The molecule has 1 aliphatic rings. The zero-order chi connectivity index (χ0) is 29.9. The maximum Gasteiger partial charge on any atom is 0.341 e. The second-order valence-corrected chi connectivity index (χ2v) is 12.4. The summed E-state index contributed by atoms with van der Waals surface area (Å²) >= 11 is 1.32. The summed E-state index contributed by atoms with van der Waals surface area (Å²) in [6.07, 6.45) is 1.19. The number of halogens is 2. The van der Waals surface area contributed by atoms with Crippen LogP contribution >= 0.6 is 11.3 Å². The van der Waals surface area contributed by atoms with Gasteiger partial charge < -0.3 is 14.8 Å². The summed E-state index contributed by atoms with van der Waals surface area (Å²) in [6, 6.07) is 7.29. The minimum Gasteiger partial charge on any atom is -0.462 e. The fraction of sp³-hybridized carbons (Fsp3) is 0.321. The van der Waals surface area contributed by atoms with Crippen molar-refractivity contribution in [2.24, 2.45) is 5.92 Å². The predicted molar refractivity (Wildman–Crippen MR) is 149 cm³/mol. The number of anilines is 2. The fourth-order valence-corrected chi connectivity index (χ4v) is 6.76. The van der Waals surface area contributed by atoms with Crippen molar-refractivity contribution < 1.29 is 41.1 Å². The molecule has 1 heterocycles. The average molecular weight is 607 g/mol. The molecule has 1 amide bonds. The van der Waals surface area contributed by atoms with Crippen molar-refractivity contribution in [1.29, 1.82) is 0 Å². The van der Waals surface area contributed by atoms with Crippen molar-refractivity contribution >= 4 is 49.9 Å². The van der Waals surface area contributed by atoms with Gasteiger partial charge in [-0.2, -0.15) is 0 Å². The first-order valence-corrected chi connectivity index (χ1v) is 15.1. The maximum atomic E-state index is 13.5. The van der Waals surface area contributed by atoms with Crippen LogP contribution in [0, 0.1) is 17.6 Å². The molecule has 0 fully saturated rings. The van der Waals surface area contributed by atoms with Gasteiger partial charge in [-0.1, -0.05) is 6.92 Å². The first-order chi connectivity index (χ1) is 19.4. The molecule has 0 radical (unpaired) electrons. The molecule has 0 spiro atoms. The van der Waals surface area contributed by atoms with E-state index in [2.05, 4.69) is 17.0 Å². The number of esters is 2. The van der Waals surface area contributed by atoms with E-state index in [0.29, 0.717) is 35.0 Å². The highest BCUT2D eigenvalue weighted by Crippen LogP contribution is 2.40. The third kappa shape index (κ3) is 6.91. The highest BCUT2D eigenvalue weighted by molar-refractivity contribution is 7.92. The Kier molecular flexibility index (Phi) is 9.08. The molecule has 0 saturated carbocycles. The van der Waals surface area contributed by atoms with E-state index in [4.69, 9.17) is 9.47 Å². The van der Waals surface area contributed by atoms with Gasteiger partial charge in [0, 0.05) is 10.6 Å². The number of thiophene rings is 1. The number of ether oxygens (including phenoxy) is 2. The highest BCUT2D eigenvalue weighted by atomic mass is 32.2. The van der Waals surface area contributed by atoms with E-state index in [-0.39, 0.29) is 17.9 Å². The van der Waals surface area contributed by atoms with E-state index < -0.39 is 50.5 Å². The average Bonchev–Trinajstić information content (AvgIpc) is 3.27. The molecule has 3 aromatic rings. The van der Waals surface area contributed by atoms with Crippen molar-refractivity contribution in [2.75, 3.05) is 16.6 Å². The normalized spacial score (nSPS) is 15.4. The van der Waals surface area contributed by atoms with Gasteiger partial charge >= 0.3 is 11.9 Å². The lowest BCUT2D eigenvalue weighted by Gasteiger charge is -2.18. The first kappa shape index (κ1) is 30.1. The Bertz CT molecular complexity index is 1590. The van der Waals surface area contributed by atoms with Gasteiger partial charge in [0.1, 0.15) is 5.00 Å². The predicted octanol–water partition coefficient (Wildman–Crippen LogP) is 5.31. The summed E-state index contributed by atoms with van der Waals surface area (Å²) in [5.74, 6) is -4.03.